The highest BCUT2D eigenvalue weighted by Gasteiger charge is 2.11. The number of ether oxygens (including phenoxy) is 2. The quantitative estimate of drug-likeness (QED) is 0.756. The first kappa shape index (κ1) is 14.6. The molecule has 0 aromatic heterocycles. The fraction of sp³-hybridized carbons (Fsp3) is 0.467. The monoisotopic (exact) mass is 249 g/mol. The molecule has 1 aromatic rings. The number of rotatable bonds is 7. The Hall–Kier alpha value is -1.48. The minimum Gasteiger partial charge on any atom is -0.493 e. The van der Waals surface area contributed by atoms with Gasteiger partial charge in [0.15, 0.2) is 11.5 Å². The summed E-state index contributed by atoms with van der Waals surface area (Å²) in [6, 6.07) is 5.99. The van der Waals surface area contributed by atoms with E-state index in [1.807, 2.05) is 32.0 Å². The van der Waals surface area contributed by atoms with Crippen molar-refractivity contribution in [3.63, 3.8) is 0 Å². The molecule has 0 aliphatic rings. The average Bonchev–Trinajstić information content (AvgIpc) is 2.29. The Morgan fingerprint density at radius 2 is 2.17 bits per heavy atom. The summed E-state index contributed by atoms with van der Waals surface area (Å²) in [4.78, 5) is 0. The SMILES string of the molecule is C=C(C)CCOc1c(CC(C)N)cccc1OC. The van der Waals surface area contributed by atoms with Crippen molar-refractivity contribution in [1.29, 1.82) is 0 Å². The molecule has 0 aliphatic heterocycles. The zero-order chi connectivity index (χ0) is 13.5. The molecule has 0 heterocycles. The molecule has 1 aromatic carbocycles. The van der Waals surface area contributed by atoms with Gasteiger partial charge in [-0.15, -0.1) is 6.58 Å². The highest BCUT2D eigenvalue weighted by Crippen LogP contribution is 2.32. The topological polar surface area (TPSA) is 44.5 Å². The number of hydrogen-bond donors (Lipinski definition) is 1. The maximum absolute atomic E-state index is 5.85. The van der Waals surface area contributed by atoms with E-state index in [4.69, 9.17) is 15.2 Å². The van der Waals surface area contributed by atoms with E-state index in [-0.39, 0.29) is 6.04 Å². The third-order valence-corrected chi connectivity index (χ3v) is 2.60. The molecule has 3 nitrogen and oxygen atoms in total. The van der Waals surface area contributed by atoms with Crippen LogP contribution in [0, 0.1) is 0 Å². The Morgan fingerprint density at radius 1 is 1.44 bits per heavy atom. The second-order valence-electron chi connectivity index (χ2n) is 4.69. The van der Waals surface area contributed by atoms with Crippen LogP contribution in [0.1, 0.15) is 25.8 Å². The summed E-state index contributed by atoms with van der Waals surface area (Å²) in [7, 11) is 1.65. The Bertz CT molecular complexity index is 399. The minimum absolute atomic E-state index is 0.0978. The first-order valence-corrected chi connectivity index (χ1v) is 6.23. The van der Waals surface area contributed by atoms with Gasteiger partial charge in [-0.1, -0.05) is 17.7 Å². The van der Waals surface area contributed by atoms with Crippen molar-refractivity contribution in [3.05, 3.63) is 35.9 Å². The molecule has 0 spiro atoms. The van der Waals surface area contributed by atoms with E-state index in [0.717, 1.165) is 35.5 Å². The van der Waals surface area contributed by atoms with Crippen LogP contribution in [0.25, 0.3) is 0 Å². The van der Waals surface area contributed by atoms with Gasteiger partial charge in [-0.2, -0.15) is 0 Å². The van der Waals surface area contributed by atoms with Crippen molar-refractivity contribution in [2.75, 3.05) is 13.7 Å². The number of nitrogens with two attached hydrogens (primary N) is 1. The smallest absolute Gasteiger partial charge is 0.164 e. The van der Waals surface area contributed by atoms with Crippen molar-refractivity contribution >= 4 is 0 Å². The van der Waals surface area contributed by atoms with E-state index >= 15 is 0 Å². The van der Waals surface area contributed by atoms with Crippen LogP contribution in [0.3, 0.4) is 0 Å². The van der Waals surface area contributed by atoms with Crippen LogP contribution in [0.15, 0.2) is 30.4 Å². The molecule has 0 saturated heterocycles. The Balaban J connectivity index is 2.85. The zero-order valence-corrected chi connectivity index (χ0v) is 11.5. The summed E-state index contributed by atoms with van der Waals surface area (Å²) in [5, 5.41) is 0. The molecule has 0 radical (unpaired) electrons. The fourth-order valence-electron chi connectivity index (χ4n) is 1.72. The predicted octanol–water partition coefficient (Wildman–Crippen LogP) is 2.93. The molecule has 0 amide bonds. The molecule has 0 fully saturated rings. The van der Waals surface area contributed by atoms with E-state index in [1.165, 1.54) is 0 Å². The first-order valence-electron chi connectivity index (χ1n) is 6.23. The van der Waals surface area contributed by atoms with E-state index in [0.29, 0.717) is 6.61 Å². The number of benzene rings is 1. The molecule has 18 heavy (non-hydrogen) atoms. The van der Waals surface area contributed by atoms with E-state index < -0.39 is 0 Å². The number of para-hydroxylation sites is 1. The van der Waals surface area contributed by atoms with Gasteiger partial charge in [-0.25, -0.2) is 0 Å². The summed E-state index contributed by atoms with van der Waals surface area (Å²) in [5.74, 6) is 1.56. The lowest BCUT2D eigenvalue weighted by atomic mass is 10.1. The summed E-state index contributed by atoms with van der Waals surface area (Å²) >= 11 is 0. The van der Waals surface area contributed by atoms with Crippen molar-refractivity contribution in [2.45, 2.75) is 32.7 Å². The standard InChI is InChI=1S/C15H23NO2/c1-11(2)8-9-18-15-13(10-12(3)16)6-5-7-14(15)17-4/h5-7,12H,1,8-10,16H2,2-4H3. The fourth-order valence-corrected chi connectivity index (χ4v) is 1.72. The third-order valence-electron chi connectivity index (χ3n) is 2.60. The van der Waals surface area contributed by atoms with Crippen LogP contribution in [0.5, 0.6) is 11.5 Å². The third kappa shape index (κ3) is 4.41. The van der Waals surface area contributed by atoms with Crippen LogP contribution in [0.4, 0.5) is 0 Å². The minimum atomic E-state index is 0.0978. The molecule has 1 unspecified atom stereocenters. The van der Waals surface area contributed by atoms with Gasteiger partial charge in [0.1, 0.15) is 0 Å². The Kier molecular flexibility index (Phi) is 5.72. The van der Waals surface area contributed by atoms with Crippen molar-refractivity contribution < 1.29 is 9.47 Å². The first-order chi connectivity index (χ1) is 8.54. The Morgan fingerprint density at radius 3 is 2.72 bits per heavy atom. The lowest BCUT2D eigenvalue weighted by molar-refractivity contribution is 0.294. The maximum atomic E-state index is 5.85. The van der Waals surface area contributed by atoms with Gasteiger partial charge < -0.3 is 15.2 Å². The van der Waals surface area contributed by atoms with Gasteiger partial charge >= 0.3 is 0 Å². The molecule has 1 rings (SSSR count). The van der Waals surface area contributed by atoms with E-state index in [1.54, 1.807) is 7.11 Å². The van der Waals surface area contributed by atoms with Crippen LogP contribution < -0.4 is 15.2 Å². The number of hydrogen-bond acceptors (Lipinski definition) is 3. The predicted molar refractivity (Wildman–Crippen MR) is 75.3 cm³/mol. The Labute approximate surface area is 110 Å². The molecule has 2 N–H and O–H groups in total. The molecular weight excluding hydrogens is 226 g/mol. The second kappa shape index (κ2) is 7.07. The molecule has 0 aliphatic carbocycles. The highest BCUT2D eigenvalue weighted by molar-refractivity contribution is 5.47. The summed E-state index contributed by atoms with van der Waals surface area (Å²) < 4.78 is 11.2. The summed E-state index contributed by atoms with van der Waals surface area (Å²) in [5.41, 5.74) is 8.05. The van der Waals surface area contributed by atoms with Crippen molar-refractivity contribution in [3.8, 4) is 11.5 Å². The largest absolute Gasteiger partial charge is 0.493 e. The van der Waals surface area contributed by atoms with Crippen molar-refractivity contribution in [1.82, 2.24) is 0 Å². The summed E-state index contributed by atoms with van der Waals surface area (Å²) in [6.45, 7) is 8.46. The van der Waals surface area contributed by atoms with Gasteiger partial charge in [0.05, 0.1) is 13.7 Å². The molecule has 1 atom stereocenters. The second-order valence-corrected chi connectivity index (χ2v) is 4.69. The van der Waals surface area contributed by atoms with Crippen LogP contribution >= 0.6 is 0 Å². The van der Waals surface area contributed by atoms with E-state index in [2.05, 4.69) is 6.58 Å². The molecule has 100 valence electrons. The lowest BCUT2D eigenvalue weighted by Gasteiger charge is -2.16. The van der Waals surface area contributed by atoms with Crippen LogP contribution in [0.2, 0.25) is 0 Å². The maximum Gasteiger partial charge on any atom is 0.164 e. The molecule has 3 heteroatoms. The average molecular weight is 249 g/mol. The molecular formula is C15H23NO2. The van der Waals surface area contributed by atoms with Gasteiger partial charge in [0, 0.05) is 12.5 Å². The van der Waals surface area contributed by atoms with Crippen LogP contribution in [-0.2, 0) is 6.42 Å². The van der Waals surface area contributed by atoms with Crippen molar-refractivity contribution in [2.24, 2.45) is 5.73 Å². The van der Waals surface area contributed by atoms with Gasteiger partial charge in [-0.05, 0) is 31.9 Å². The zero-order valence-electron chi connectivity index (χ0n) is 11.5. The number of methoxy groups -OCH3 is 1. The summed E-state index contributed by atoms with van der Waals surface area (Å²) in [6.07, 6.45) is 1.62. The lowest BCUT2D eigenvalue weighted by Crippen LogP contribution is -2.18. The van der Waals surface area contributed by atoms with E-state index in [9.17, 15) is 0 Å². The molecule has 0 bridgehead atoms. The van der Waals surface area contributed by atoms with Gasteiger partial charge in [0.25, 0.3) is 0 Å². The van der Waals surface area contributed by atoms with Crippen LogP contribution in [-0.4, -0.2) is 19.8 Å². The highest BCUT2D eigenvalue weighted by atomic mass is 16.5. The van der Waals surface area contributed by atoms with Gasteiger partial charge in [-0.3, -0.25) is 0 Å². The molecule has 0 saturated carbocycles. The van der Waals surface area contributed by atoms with Gasteiger partial charge in [0.2, 0.25) is 0 Å². The normalized spacial score (nSPS) is 12.0.